The van der Waals surface area contributed by atoms with E-state index in [0.29, 0.717) is 11.3 Å². The van der Waals surface area contributed by atoms with Crippen molar-refractivity contribution in [1.29, 1.82) is 0 Å². The molecule has 0 aliphatic rings. The zero-order valence-corrected chi connectivity index (χ0v) is 10.0. The highest BCUT2D eigenvalue weighted by atomic mass is 16.5. The molecule has 1 aromatic rings. The summed E-state index contributed by atoms with van der Waals surface area (Å²) in [5.74, 6) is -1.02. The van der Waals surface area contributed by atoms with Gasteiger partial charge in [0.05, 0.1) is 12.2 Å². The minimum atomic E-state index is -1.02. The smallest absolute Gasteiger partial charge is 0.411 e. The standard InChI is InChI=1S/C12H15NO4/c1-4-17-12(16)13-9-5-7(2)8(3)10(6-9)11(14)15/h5-6H,4H2,1-3H3,(H,13,16)(H,14,15). The summed E-state index contributed by atoms with van der Waals surface area (Å²) in [6, 6.07) is 3.13. The van der Waals surface area contributed by atoms with Gasteiger partial charge in [0.25, 0.3) is 0 Å². The molecule has 1 amide bonds. The number of benzene rings is 1. The lowest BCUT2D eigenvalue weighted by Crippen LogP contribution is -2.14. The van der Waals surface area contributed by atoms with Gasteiger partial charge >= 0.3 is 12.1 Å². The second-order valence-corrected chi connectivity index (χ2v) is 3.62. The van der Waals surface area contributed by atoms with E-state index in [2.05, 4.69) is 5.32 Å². The average molecular weight is 237 g/mol. The quantitative estimate of drug-likeness (QED) is 0.847. The van der Waals surface area contributed by atoms with Crippen molar-refractivity contribution in [2.75, 3.05) is 11.9 Å². The van der Waals surface area contributed by atoms with E-state index < -0.39 is 12.1 Å². The van der Waals surface area contributed by atoms with Gasteiger partial charge in [-0.1, -0.05) is 0 Å². The Morgan fingerprint density at radius 3 is 2.53 bits per heavy atom. The SMILES string of the molecule is CCOC(=O)Nc1cc(C)c(C)c(C(=O)O)c1. The van der Waals surface area contributed by atoms with Gasteiger partial charge in [-0.3, -0.25) is 5.32 Å². The van der Waals surface area contributed by atoms with Crippen LogP contribution < -0.4 is 5.32 Å². The van der Waals surface area contributed by atoms with Crippen LogP contribution in [0.3, 0.4) is 0 Å². The number of carboxylic acid groups (broad SMARTS) is 1. The highest BCUT2D eigenvalue weighted by Crippen LogP contribution is 2.20. The molecule has 0 fully saturated rings. The summed E-state index contributed by atoms with van der Waals surface area (Å²) in [6.07, 6.45) is -0.591. The average Bonchev–Trinajstić information content (AvgIpc) is 2.23. The normalized spacial score (nSPS) is 9.82. The summed E-state index contributed by atoms with van der Waals surface area (Å²) >= 11 is 0. The van der Waals surface area contributed by atoms with Crippen molar-refractivity contribution in [2.24, 2.45) is 0 Å². The number of aromatic carboxylic acids is 1. The number of hydrogen-bond acceptors (Lipinski definition) is 3. The van der Waals surface area contributed by atoms with Crippen molar-refractivity contribution in [3.05, 3.63) is 28.8 Å². The lowest BCUT2D eigenvalue weighted by atomic mass is 10.0. The third-order valence-corrected chi connectivity index (χ3v) is 2.42. The lowest BCUT2D eigenvalue weighted by molar-refractivity contribution is 0.0696. The number of carboxylic acids is 1. The zero-order chi connectivity index (χ0) is 13.0. The molecular formula is C12H15NO4. The molecule has 0 unspecified atom stereocenters. The van der Waals surface area contributed by atoms with Gasteiger partial charge in [-0.15, -0.1) is 0 Å². The molecule has 92 valence electrons. The third kappa shape index (κ3) is 3.21. The zero-order valence-electron chi connectivity index (χ0n) is 10.0. The van der Waals surface area contributed by atoms with Gasteiger partial charge in [-0.05, 0) is 44.0 Å². The maximum atomic E-state index is 11.2. The molecule has 1 rings (SSSR count). The highest BCUT2D eigenvalue weighted by Gasteiger charge is 2.12. The predicted molar refractivity (Wildman–Crippen MR) is 63.5 cm³/mol. The predicted octanol–water partition coefficient (Wildman–Crippen LogP) is 2.57. The van der Waals surface area contributed by atoms with Crippen LogP contribution in [0.5, 0.6) is 0 Å². The third-order valence-electron chi connectivity index (χ3n) is 2.42. The van der Waals surface area contributed by atoms with Gasteiger partial charge in [0, 0.05) is 5.69 Å². The van der Waals surface area contributed by atoms with E-state index in [9.17, 15) is 9.59 Å². The molecule has 1 aromatic carbocycles. The molecule has 0 atom stereocenters. The Labute approximate surface area is 99.4 Å². The van der Waals surface area contributed by atoms with E-state index in [1.807, 2.05) is 0 Å². The number of rotatable bonds is 3. The summed E-state index contributed by atoms with van der Waals surface area (Å²) in [5.41, 5.74) is 2.09. The molecule has 0 saturated heterocycles. The summed E-state index contributed by atoms with van der Waals surface area (Å²) in [6.45, 7) is 5.48. The number of aryl methyl sites for hydroxylation is 1. The van der Waals surface area contributed by atoms with Gasteiger partial charge in [0.15, 0.2) is 0 Å². The van der Waals surface area contributed by atoms with E-state index in [4.69, 9.17) is 9.84 Å². The van der Waals surface area contributed by atoms with Crippen LogP contribution in [-0.2, 0) is 4.74 Å². The van der Waals surface area contributed by atoms with E-state index in [0.717, 1.165) is 5.56 Å². The van der Waals surface area contributed by atoms with Crippen molar-refractivity contribution in [2.45, 2.75) is 20.8 Å². The molecule has 0 spiro atoms. The molecule has 5 nitrogen and oxygen atoms in total. The van der Waals surface area contributed by atoms with Crippen LogP contribution in [0.4, 0.5) is 10.5 Å². The first kappa shape index (κ1) is 13.0. The number of amides is 1. The van der Waals surface area contributed by atoms with E-state index in [1.165, 1.54) is 6.07 Å². The van der Waals surface area contributed by atoms with Gasteiger partial charge in [0.2, 0.25) is 0 Å². The Hall–Kier alpha value is -2.04. The van der Waals surface area contributed by atoms with Crippen LogP contribution in [0, 0.1) is 13.8 Å². The van der Waals surface area contributed by atoms with Crippen molar-refractivity contribution < 1.29 is 19.4 Å². The molecule has 5 heteroatoms. The minimum Gasteiger partial charge on any atom is -0.478 e. The van der Waals surface area contributed by atoms with Crippen molar-refractivity contribution in [1.82, 2.24) is 0 Å². The maximum Gasteiger partial charge on any atom is 0.411 e. The second-order valence-electron chi connectivity index (χ2n) is 3.62. The fourth-order valence-electron chi connectivity index (χ4n) is 1.44. The first-order valence-electron chi connectivity index (χ1n) is 5.24. The Bertz CT molecular complexity index is 454. The fraction of sp³-hybridized carbons (Fsp3) is 0.333. The van der Waals surface area contributed by atoms with Crippen molar-refractivity contribution in [3.63, 3.8) is 0 Å². The Balaban J connectivity index is 3.02. The van der Waals surface area contributed by atoms with Gasteiger partial charge in [-0.25, -0.2) is 9.59 Å². The summed E-state index contributed by atoms with van der Waals surface area (Å²) in [4.78, 5) is 22.2. The molecular weight excluding hydrogens is 222 g/mol. The van der Waals surface area contributed by atoms with E-state index in [1.54, 1.807) is 26.8 Å². The summed E-state index contributed by atoms with van der Waals surface area (Å²) in [7, 11) is 0. The first-order chi connectivity index (χ1) is 7.95. The molecule has 0 radical (unpaired) electrons. The number of carbonyl (C=O) groups excluding carboxylic acids is 1. The number of ether oxygens (including phenoxy) is 1. The number of carbonyl (C=O) groups is 2. The maximum absolute atomic E-state index is 11.2. The Morgan fingerprint density at radius 1 is 1.35 bits per heavy atom. The fourth-order valence-corrected chi connectivity index (χ4v) is 1.44. The monoisotopic (exact) mass is 237 g/mol. The first-order valence-corrected chi connectivity index (χ1v) is 5.24. The van der Waals surface area contributed by atoms with Crippen LogP contribution >= 0.6 is 0 Å². The van der Waals surface area contributed by atoms with Crippen LogP contribution in [0.2, 0.25) is 0 Å². The van der Waals surface area contributed by atoms with Crippen molar-refractivity contribution in [3.8, 4) is 0 Å². The topological polar surface area (TPSA) is 75.6 Å². The van der Waals surface area contributed by atoms with Crippen molar-refractivity contribution >= 4 is 17.7 Å². The molecule has 0 heterocycles. The Morgan fingerprint density at radius 2 is 2.00 bits per heavy atom. The lowest BCUT2D eigenvalue weighted by Gasteiger charge is -2.10. The molecule has 0 aromatic heterocycles. The molecule has 0 saturated carbocycles. The molecule has 17 heavy (non-hydrogen) atoms. The number of anilines is 1. The summed E-state index contributed by atoms with van der Waals surface area (Å²) < 4.78 is 4.72. The van der Waals surface area contributed by atoms with Crippen LogP contribution in [0.15, 0.2) is 12.1 Å². The molecule has 0 aliphatic heterocycles. The minimum absolute atomic E-state index is 0.178. The van der Waals surface area contributed by atoms with E-state index >= 15 is 0 Å². The van der Waals surface area contributed by atoms with Gasteiger partial charge < -0.3 is 9.84 Å². The largest absolute Gasteiger partial charge is 0.478 e. The van der Waals surface area contributed by atoms with Crippen LogP contribution in [-0.4, -0.2) is 23.8 Å². The molecule has 0 aliphatic carbocycles. The van der Waals surface area contributed by atoms with Crippen LogP contribution in [0.25, 0.3) is 0 Å². The highest BCUT2D eigenvalue weighted by molar-refractivity contribution is 5.93. The summed E-state index contributed by atoms with van der Waals surface area (Å²) in [5, 5.41) is 11.5. The molecule has 2 N–H and O–H groups in total. The Kier molecular flexibility index (Phi) is 4.09. The van der Waals surface area contributed by atoms with E-state index in [-0.39, 0.29) is 12.2 Å². The number of nitrogens with one attached hydrogen (secondary N) is 1. The van der Waals surface area contributed by atoms with Gasteiger partial charge in [-0.2, -0.15) is 0 Å². The second kappa shape index (κ2) is 5.34. The number of hydrogen-bond donors (Lipinski definition) is 2. The van der Waals surface area contributed by atoms with Gasteiger partial charge in [0.1, 0.15) is 0 Å². The molecule has 0 bridgehead atoms. The van der Waals surface area contributed by atoms with Crippen LogP contribution in [0.1, 0.15) is 28.4 Å².